The summed E-state index contributed by atoms with van der Waals surface area (Å²) in [5.74, 6) is 0.0830. The summed E-state index contributed by atoms with van der Waals surface area (Å²) in [6.45, 7) is -0.210. The van der Waals surface area contributed by atoms with Crippen LogP contribution in [0.15, 0.2) is 36.4 Å². The van der Waals surface area contributed by atoms with Gasteiger partial charge in [-0.3, -0.25) is 10.1 Å². The van der Waals surface area contributed by atoms with E-state index in [1.54, 1.807) is 24.3 Å². The number of ether oxygens (including phenoxy) is 1. The highest BCUT2D eigenvalue weighted by Crippen LogP contribution is 2.32. The number of carbonyl (C=O) groups excluding carboxylic acids is 1. The molecule has 0 spiro atoms. The third-order valence-corrected chi connectivity index (χ3v) is 4.19. The van der Waals surface area contributed by atoms with Crippen molar-refractivity contribution in [1.29, 1.82) is 0 Å². The molecule has 0 saturated heterocycles. The van der Waals surface area contributed by atoms with Gasteiger partial charge in [0.2, 0.25) is 0 Å². The van der Waals surface area contributed by atoms with Gasteiger partial charge in [-0.2, -0.15) is 0 Å². The van der Waals surface area contributed by atoms with Crippen molar-refractivity contribution < 1.29 is 9.53 Å². The van der Waals surface area contributed by atoms with Crippen LogP contribution < -0.4 is 15.4 Å². The highest BCUT2D eigenvalue weighted by atomic mass is 35.5. The topological polar surface area (TPSA) is 50.4 Å². The van der Waals surface area contributed by atoms with E-state index in [2.05, 4.69) is 10.6 Å². The number of hydrogen-bond acceptors (Lipinski definition) is 3. The van der Waals surface area contributed by atoms with Crippen LogP contribution in [0.3, 0.4) is 0 Å². The Morgan fingerprint density at radius 3 is 2.29 bits per heavy atom. The van der Waals surface area contributed by atoms with Crippen LogP contribution in [0.25, 0.3) is 0 Å². The molecule has 1 amide bonds. The van der Waals surface area contributed by atoms with Crippen LogP contribution in [0.1, 0.15) is 0 Å². The minimum absolute atomic E-state index is 0.0556. The zero-order valence-electron chi connectivity index (χ0n) is 11.9. The minimum atomic E-state index is -0.432. The number of amides is 1. The van der Waals surface area contributed by atoms with E-state index >= 15 is 0 Å². The maximum absolute atomic E-state index is 11.8. The average molecular weight is 424 g/mol. The van der Waals surface area contributed by atoms with Gasteiger partial charge in [-0.25, -0.2) is 0 Å². The van der Waals surface area contributed by atoms with Crippen LogP contribution in [0.5, 0.6) is 5.75 Å². The quantitative estimate of drug-likeness (QED) is 0.524. The summed E-state index contributed by atoms with van der Waals surface area (Å²) in [5.41, 5.74) is 0.426. The van der Waals surface area contributed by atoms with Crippen molar-refractivity contribution in [3.05, 3.63) is 56.5 Å². The molecule has 2 aromatic rings. The number of thiocarbonyl (C=S) groups is 1. The largest absolute Gasteiger partial charge is 0.484 e. The molecule has 0 unspecified atom stereocenters. The maximum Gasteiger partial charge on any atom is 0.264 e. The molecule has 2 aromatic carbocycles. The lowest BCUT2D eigenvalue weighted by Gasteiger charge is -2.12. The summed E-state index contributed by atoms with van der Waals surface area (Å²) in [4.78, 5) is 11.8. The lowest BCUT2D eigenvalue weighted by molar-refractivity contribution is -0.121. The molecular formula is C15H10Cl4N2O2S. The van der Waals surface area contributed by atoms with Crippen LogP contribution in [-0.2, 0) is 4.79 Å². The lowest BCUT2D eigenvalue weighted by Crippen LogP contribution is -2.37. The second-order valence-electron chi connectivity index (χ2n) is 4.49. The molecule has 0 saturated carbocycles. The molecule has 0 fully saturated rings. The van der Waals surface area contributed by atoms with Crippen LogP contribution in [-0.4, -0.2) is 17.6 Å². The van der Waals surface area contributed by atoms with Gasteiger partial charge in [0.05, 0.1) is 20.8 Å². The third-order valence-electron chi connectivity index (χ3n) is 2.69. The van der Waals surface area contributed by atoms with Gasteiger partial charge in [0, 0.05) is 5.02 Å². The number of rotatable bonds is 4. The molecule has 0 bridgehead atoms. The first kappa shape index (κ1) is 19.1. The second-order valence-corrected chi connectivity index (χ2v) is 6.56. The predicted molar refractivity (Wildman–Crippen MR) is 103 cm³/mol. The van der Waals surface area contributed by atoms with Gasteiger partial charge in [-0.15, -0.1) is 0 Å². The second kappa shape index (κ2) is 8.74. The summed E-state index contributed by atoms with van der Waals surface area (Å²) in [6, 6.07) is 9.61. The Morgan fingerprint density at radius 1 is 1.00 bits per heavy atom. The summed E-state index contributed by atoms with van der Waals surface area (Å²) < 4.78 is 5.31. The van der Waals surface area contributed by atoms with Crippen molar-refractivity contribution in [3.63, 3.8) is 0 Å². The monoisotopic (exact) mass is 422 g/mol. The van der Waals surface area contributed by atoms with E-state index in [0.29, 0.717) is 31.5 Å². The minimum Gasteiger partial charge on any atom is -0.484 e. The molecule has 24 heavy (non-hydrogen) atoms. The van der Waals surface area contributed by atoms with E-state index in [1.807, 2.05) is 0 Å². The molecule has 9 heteroatoms. The molecular weight excluding hydrogens is 414 g/mol. The van der Waals surface area contributed by atoms with Gasteiger partial charge in [-0.05, 0) is 48.6 Å². The Balaban J connectivity index is 1.86. The first-order valence-electron chi connectivity index (χ1n) is 6.49. The average Bonchev–Trinajstić information content (AvgIpc) is 2.52. The first-order valence-corrected chi connectivity index (χ1v) is 8.41. The Bertz CT molecular complexity index is 769. The SMILES string of the molecule is O=C(COc1ccc(Cl)cc1)NC(=S)Nc1cc(Cl)c(Cl)cc1Cl. The van der Waals surface area contributed by atoms with Crippen LogP contribution in [0.4, 0.5) is 5.69 Å². The van der Waals surface area contributed by atoms with E-state index in [0.717, 1.165) is 0 Å². The Kier molecular flexibility index (Phi) is 6.95. The highest BCUT2D eigenvalue weighted by Gasteiger charge is 2.10. The van der Waals surface area contributed by atoms with Gasteiger partial charge < -0.3 is 10.1 Å². The number of anilines is 1. The summed E-state index contributed by atoms with van der Waals surface area (Å²) in [5, 5.41) is 6.81. The number of nitrogens with one attached hydrogen (secondary N) is 2. The predicted octanol–water partition coefficient (Wildman–Crippen LogP) is 5.19. The van der Waals surface area contributed by atoms with Crippen molar-refractivity contribution in [2.24, 2.45) is 0 Å². The smallest absolute Gasteiger partial charge is 0.264 e. The third kappa shape index (κ3) is 5.69. The molecule has 2 rings (SSSR count). The number of halogens is 4. The fraction of sp³-hybridized carbons (Fsp3) is 0.0667. The number of hydrogen-bond donors (Lipinski definition) is 2. The van der Waals surface area contributed by atoms with E-state index in [9.17, 15) is 4.79 Å². The fourth-order valence-corrected chi connectivity index (χ4v) is 2.56. The van der Waals surface area contributed by atoms with Crippen LogP contribution in [0, 0.1) is 0 Å². The molecule has 2 N–H and O–H groups in total. The molecule has 0 aliphatic heterocycles. The van der Waals surface area contributed by atoms with Crippen molar-refractivity contribution in [2.45, 2.75) is 0 Å². The van der Waals surface area contributed by atoms with Gasteiger partial charge in [0.15, 0.2) is 11.7 Å². The van der Waals surface area contributed by atoms with Gasteiger partial charge >= 0.3 is 0 Å². The van der Waals surface area contributed by atoms with Crippen molar-refractivity contribution in [2.75, 3.05) is 11.9 Å². The molecule has 0 heterocycles. The lowest BCUT2D eigenvalue weighted by atomic mass is 10.3. The Labute approximate surface area is 164 Å². The molecule has 0 aliphatic carbocycles. The summed E-state index contributed by atoms with van der Waals surface area (Å²) >= 11 is 28.6. The number of benzene rings is 2. The summed E-state index contributed by atoms with van der Waals surface area (Å²) in [6.07, 6.45) is 0. The Morgan fingerprint density at radius 2 is 1.62 bits per heavy atom. The fourth-order valence-electron chi connectivity index (χ4n) is 1.61. The van der Waals surface area contributed by atoms with E-state index in [4.69, 9.17) is 63.4 Å². The molecule has 0 atom stereocenters. The highest BCUT2D eigenvalue weighted by molar-refractivity contribution is 7.80. The molecule has 4 nitrogen and oxygen atoms in total. The van der Waals surface area contributed by atoms with Crippen molar-refractivity contribution in [1.82, 2.24) is 5.32 Å². The normalized spacial score (nSPS) is 10.2. The van der Waals surface area contributed by atoms with E-state index < -0.39 is 5.91 Å². The Hall–Kier alpha value is -1.24. The van der Waals surface area contributed by atoms with Crippen LogP contribution in [0.2, 0.25) is 20.1 Å². The molecule has 0 radical (unpaired) electrons. The maximum atomic E-state index is 11.8. The zero-order valence-corrected chi connectivity index (χ0v) is 15.7. The number of carbonyl (C=O) groups is 1. The van der Waals surface area contributed by atoms with Gasteiger partial charge in [-0.1, -0.05) is 46.4 Å². The van der Waals surface area contributed by atoms with Gasteiger partial charge in [0.25, 0.3) is 5.91 Å². The molecule has 0 aliphatic rings. The van der Waals surface area contributed by atoms with Crippen molar-refractivity contribution in [3.8, 4) is 5.75 Å². The standard InChI is InChI=1S/C15H10Cl4N2O2S/c16-8-1-3-9(4-2-8)23-7-14(22)21-15(24)20-13-6-11(18)10(17)5-12(13)19/h1-6H,7H2,(H2,20,21,22,24). The summed E-state index contributed by atoms with van der Waals surface area (Å²) in [7, 11) is 0. The first-order chi connectivity index (χ1) is 11.3. The van der Waals surface area contributed by atoms with E-state index in [1.165, 1.54) is 12.1 Å². The van der Waals surface area contributed by atoms with E-state index in [-0.39, 0.29) is 11.7 Å². The molecule has 0 aromatic heterocycles. The van der Waals surface area contributed by atoms with Gasteiger partial charge in [0.1, 0.15) is 5.75 Å². The molecule has 126 valence electrons. The van der Waals surface area contributed by atoms with Crippen molar-refractivity contribution >= 4 is 75.3 Å². The zero-order chi connectivity index (χ0) is 17.7. The van der Waals surface area contributed by atoms with Crippen LogP contribution >= 0.6 is 58.6 Å².